The van der Waals surface area contributed by atoms with Crippen molar-refractivity contribution < 1.29 is 13.2 Å². The largest absolute Gasteiger partial charge is 0.337 e. The second-order valence-corrected chi connectivity index (χ2v) is 8.42. The lowest BCUT2D eigenvalue weighted by molar-refractivity contribution is 0.0591. The number of nitrogens with one attached hydrogen (secondary N) is 1. The van der Waals surface area contributed by atoms with Crippen molar-refractivity contribution in [2.45, 2.75) is 44.9 Å². The Bertz CT molecular complexity index is 646. The molecular weight excluding hydrogens is 314 g/mol. The van der Waals surface area contributed by atoms with E-state index in [0.717, 1.165) is 19.3 Å². The van der Waals surface area contributed by atoms with Crippen molar-refractivity contribution >= 4 is 25.6 Å². The summed E-state index contributed by atoms with van der Waals surface area (Å²) in [5.41, 5.74) is 0.422. The van der Waals surface area contributed by atoms with E-state index >= 15 is 0 Å². The fraction of sp³-hybridized carbons (Fsp3) is 0.692. The first-order chi connectivity index (χ1) is 9.68. The minimum Gasteiger partial charge on any atom is -0.337 e. The van der Waals surface area contributed by atoms with Crippen molar-refractivity contribution in [2.75, 3.05) is 13.1 Å². The molecule has 118 valence electrons. The van der Waals surface area contributed by atoms with Gasteiger partial charge in [-0.1, -0.05) is 20.3 Å². The van der Waals surface area contributed by atoms with Gasteiger partial charge in [-0.2, -0.15) is 5.10 Å². The molecule has 0 saturated carbocycles. The molecular formula is C13H20ClN3O3S. The smallest absolute Gasteiger partial charge is 0.275 e. The van der Waals surface area contributed by atoms with Gasteiger partial charge in [-0.05, 0) is 25.2 Å². The van der Waals surface area contributed by atoms with E-state index < -0.39 is 9.05 Å². The number of nitrogens with zero attached hydrogens (tertiary/aromatic N) is 2. The van der Waals surface area contributed by atoms with Crippen LogP contribution in [-0.4, -0.2) is 42.5 Å². The third-order valence-corrected chi connectivity index (χ3v) is 5.90. The molecule has 0 radical (unpaired) electrons. The number of halogens is 1. The molecule has 1 N–H and O–H groups in total. The number of hydrogen-bond donors (Lipinski definition) is 1. The van der Waals surface area contributed by atoms with Crippen LogP contribution in [-0.2, 0) is 9.05 Å². The maximum absolute atomic E-state index is 12.5. The molecule has 1 amide bonds. The van der Waals surface area contributed by atoms with Crippen LogP contribution in [0.15, 0.2) is 4.90 Å². The number of aromatic nitrogens is 2. The number of rotatable bonds is 3. The lowest BCUT2D eigenvalue weighted by Crippen LogP contribution is -2.42. The summed E-state index contributed by atoms with van der Waals surface area (Å²) in [6, 6.07) is 0. The second kappa shape index (κ2) is 5.61. The molecule has 1 aromatic rings. The van der Waals surface area contributed by atoms with E-state index in [4.69, 9.17) is 10.7 Å². The maximum Gasteiger partial charge on any atom is 0.275 e. The third-order valence-electron chi connectivity index (χ3n) is 4.45. The van der Waals surface area contributed by atoms with E-state index in [2.05, 4.69) is 24.0 Å². The van der Waals surface area contributed by atoms with Gasteiger partial charge in [-0.3, -0.25) is 9.89 Å². The number of hydrogen-bond acceptors (Lipinski definition) is 4. The molecule has 1 aromatic heterocycles. The number of amides is 1. The molecule has 0 bridgehead atoms. The Hall–Kier alpha value is -1.08. The van der Waals surface area contributed by atoms with Gasteiger partial charge in [0.15, 0.2) is 5.69 Å². The van der Waals surface area contributed by atoms with Crippen LogP contribution in [0, 0.1) is 12.3 Å². The zero-order chi connectivity index (χ0) is 15.8. The van der Waals surface area contributed by atoms with Crippen molar-refractivity contribution in [3.05, 3.63) is 11.4 Å². The highest BCUT2D eigenvalue weighted by molar-refractivity contribution is 8.13. The Morgan fingerprint density at radius 3 is 2.48 bits per heavy atom. The first-order valence-electron chi connectivity index (χ1n) is 6.97. The predicted octanol–water partition coefficient (Wildman–Crippen LogP) is 2.30. The van der Waals surface area contributed by atoms with Gasteiger partial charge < -0.3 is 4.90 Å². The van der Waals surface area contributed by atoms with Crippen LogP contribution in [0.1, 0.15) is 49.3 Å². The standard InChI is InChI=1S/C13H20ClN3O3S/c1-4-13(3)5-7-17(8-6-13)12(18)10-11(21(14,19)20)9(2)15-16-10/h4-8H2,1-3H3,(H,15,16). The van der Waals surface area contributed by atoms with Crippen LogP contribution >= 0.6 is 10.7 Å². The van der Waals surface area contributed by atoms with Crippen molar-refractivity contribution in [3.63, 3.8) is 0 Å². The van der Waals surface area contributed by atoms with Gasteiger partial charge in [0, 0.05) is 23.8 Å². The highest BCUT2D eigenvalue weighted by Gasteiger charge is 2.34. The molecule has 1 aliphatic heterocycles. The minimum absolute atomic E-state index is 0.109. The summed E-state index contributed by atoms with van der Waals surface area (Å²) in [5, 5.41) is 6.36. The fourth-order valence-corrected chi connectivity index (χ4v) is 3.96. The summed E-state index contributed by atoms with van der Waals surface area (Å²) in [4.78, 5) is 13.9. The van der Waals surface area contributed by atoms with Crippen LogP contribution in [0.3, 0.4) is 0 Å². The molecule has 0 atom stereocenters. The van der Waals surface area contributed by atoms with Gasteiger partial charge in [0.25, 0.3) is 15.0 Å². The zero-order valence-electron chi connectivity index (χ0n) is 12.4. The Balaban J connectivity index is 2.24. The second-order valence-electron chi connectivity index (χ2n) is 5.92. The summed E-state index contributed by atoms with van der Waals surface area (Å²) in [7, 11) is 1.40. The molecule has 2 heterocycles. The topological polar surface area (TPSA) is 83.1 Å². The molecule has 0 aliphatic carbocycles. The van der Waals surface area contributed by atoms with Crippen molar-refractivity contribution in [3.8, 4) is 0 Å². The van der Waals surface area contributed by atoms with E-state index in [-0.39, 0.29) is 27.6 Å². The van der Waals surface area contributed by atoms with Crippen LogP contribution in [0.2, 0.25) is 0 Å². The molecule has 6 nitrogen and oxygen atoms in total. The van der Waals surface area contributed by atoms with E-state index in [1.807, 2.05) is 0 Å². The molecule has 0 aromatic carbocycles. The van der Waals surface area contributed by atoms with Crippen LogP contribution in [0.25, 0.3) is 0 Å². The molecule has 0 spiro atoms. The van der Waals surface area contributed by atoms with Gasteiger partial charge >= 0.3 is 0 Å². The normalized spacial score (nSPS) is 18.8. The first-order valence-corrected chi connectivity index (χ1v) is 9.28. The molecule has 1 saturated heterocycles. The van der Waals surface area contributed by atoms with Gasteiger partial charge in [-0.15, -0.1) is 0 Å². The monoisotopic (exact) mass is 333 g/mol. The fourth-order valence-electron chi connectivity index (χ4n) is 2.62. The SMILES string of the molecule is CCC1(C)CCN(C(=O)c2n[nH]c(C)c2S(=O)(=O)Cl)CC1. The summed E-state index contributed by atoms with van der Waals surface area (Å²) in [6.45, 7) is 7.10. The molecule has 1 fully saturated rings. The Kier molecular flexibility index (Phi) is 4.35. The number of carbonyl (C=O) groups excluding carboxylic acids is 1. The number of aromatic amines is 1. The highest BCUT2D eigenvalue weighted by atomic mass is 35.7. The minimum atomic E-state index is -4.00. The van der Waals surface area contributed by atoms with Gasteiger partial charge in [0.05, 0.1) is 5.69 Å². The Morgan fingerprint density at radius 1 is 1.43 bits per heavy atom. The number of H-pyrrole nitrogens is 1. The molecule has 2 rings (SSSR count). The lowest BCUT2D eigenvalue weighted by Gasteiger charge is -2.38. The number of carbonyl (C=O) groups is 1. The van der Waals surface area contributed by atoms with Gasteiger partial charge in [0.2, 0.25) is 0 Å². The average molecular weight is 334 g/mol. The van der Waals surface area contributed by atoms with Crippen molar-refractivity contribution in [2.24, 2.45) is 5.41 Å². The van der Waals surface area contributed by atoms with Crippen LogP contribution < -0.4 is 0 Å². The average Bonchev–Trinajstić information content (AvgIpc) is 2.81. The first kappa shape index (κ1) is 16.3. The van der Waals surface area contributed by atoms with E-state index in [1.165, 1.54) is 6.92 Å². The molecule has 8 heteroatoms. The van der Waals surface area contributed by atoms with Gasteiger partial charge in [-0.25, -0.2) is 8.42 Å². The molecule has 0 unspecified atom stereocenters. The summed E-state index contributed by atoms with van der Waals surface area (Å²) >= 11 is 0. The maximum atomic E-state index is 12.5. The van der Waals surface area contributed by atoms with E-state index in [9.17, 15) is 13.2 Å². The lowest BCUT2D eigenvalue weighted by atomic mass is 9.78. The number of aryl methyl sites for hydroxylation is 1. The van der Waals surface area contributed by atoms with Crippen LogP contribution in [0.5, 0.6) is 0 Å². The third kappa shape index (κ3) is 3.23. The number of likely N-dealkylation sites (tertiary alicyclic amines) is 1. The van der Waals surface area contributed by atoms with Crippen molar-refractivity contribution in [1.82, 2.24) is 15.1 Å². The highest BCUT2D eigenvalue weighted by Crippen LogP contribution is 2.34. The zero-order valence-corrected chi connectivity index (χ0v) is 14.0. The molecule has 21 heavy (non-hydrogen) atoms. The van der Waals surface area contributed by atoms with E-state index in [0.29, 0.717) is 13.1 Å². The van der Waals surface area contributed by atoms with Crippen LogP contribution in [0.4, 0.5) is 0 Å². The quantitative estimate of drug-likeness (QED) is 0.860. The Morgan fingerprint density at radius 2 is 2.00 bits per heavy atom. The van der Waals surface area contributed by atoms with Crippen molar-refractivity contribution in [1.29, 1.82) is 0 Å². The Labute approximate surface area is 129 Å². The summed E-state index contributed by atoms with van der Waals surface area (Å²) in [5.74, 6) is -0.378. The number of piperidine rings is 1. The van der Waals surface area contributed by atoms with E-state index in [1.54, 1.807) is 4.90 Å². The predicted molar refractivity (Wildman–Crippen MR) is 79.9 cm³/mol. The molecule has 1 aliphatic rings. The summed E-state index contributed by atoms with van der Waals surface area (Å²) in [6.07, 6.45) is 2.88. The summed E-state index contributed by atoms with van der Waals surface area (Å²) < 4.78 is 23.2. The van der Waals surface area contributed by atoms with Gasteiger partial charge in [0.1, 0.15) is 4.90 Å².